The van der Waals surface area contributed by atoms with Crippen LogP contribution in [0.5, 0.6) is 0 Å². The number of nitrogens with zero attached hydrogens (tertiary/aromatic N) is 1. The maximum Gasteiger partial charge on any atom is 0.337 e. The maximum atomic E-state index is 13.5. The van der Waals surface area contributed by atoms with Crippen molar-refractivity contribution in [1.82, 2.24) is 4.90 Å². The van der Waals surface area contributed by atoms with Gasteiger partial charge in [0.1, 0.15) is 5.58 Å². The highest BCUT2D eigenvalue weighted by Gasteiger charge is 2.42. The minimum Gasteiger partial charge on any atom is -0.465 e. The third-order valence-electron chi connectivity index (χ3n) is 5.52. The van der Waals surface area contributed by atoms with E-state index < -0.39 is 12.0 Å². The highest BCUT2D eigenvalue weighted by Crippen LogP contribution is 2.38. The van der Waals surface area contributed by atoms with Crippen LogP contribution in [-0.4, -0.2) is 44.1 Å². The Morgan fingerprint density at radius 1 is 1.10 bits per heavy atom. The van der Waals surface area contributed by atoms with Gasteiger partial charge >= 0.3 is 5.97 Å². The molecule has 1 atom stereocenters. The van der Waals surface area contributed by atoms with E-state index in [0.29, 0.717) is 41.7 Å². The highest BCUT2D eigenvalue weighted by atomic mass is 16.5. The monoisotopic (exact) mass is 421 g/mol. The summed E-state index contributed by atoms with van der Waals surface area (Å²) in [7, 11) is 2.92. The molecule has 0 spiro atoms. The summed E-state index contributed by atoms with van der Waals surface area (Å²) in [6.45, 7) is 2.78. The normalized spacial score (nSPS) is 15.4. The molecule has 4 rings (SSSR count). The van der Waals surface area contributed by atoms with E-state index in [1.54, 1.807) is 48.4 Å². The average Bonchev–Trinajstić information content (AvgIpc) is 3.06. The summed E-state index contributed by atoms with van der Waals surface area (Å²) in [6, 6.07) is 11.5. The van der Waals surface area contributed by atoms with Crippen LogP contribution in [0.15, 0.2) is 51.7 Å². The number of aryl methyl sites for hydroxylation is 1. The van der Waals surface area contributed by atoms with Crippen LogP contribution in [0.3, 0.4) is 0 Å². The summed E-state index contributed by atoms with van der Waals surface area (Å²) in [5.41, 5.74) is 2.54. The number of hydrogen-bond acceptors (Lipinski definition) is 6. The van der Waals surface area contributed by atoms with Crippen LogP contribution < -0.4 is 5.43 Å². The molecule has 7 heteroatoms. The van der Waals surface area contributed by atoms with E-state index in [4.69, 9.17) is 13.9 Å². The molecule has 0 fully saturated rings. The molecule has 2 heterocycles. The molecule has 0 saturated carbocycles. The second-order valence-electron chi connectivity index (χ2n) is 7.53. The number of carbonyl (C=O) groups is 2. The van der Waals surface area contributed by atoms with Crippen molar-refractivity contribution in [3.05, 3.63) is 80.7 Å². The van der Waals surface area contributed by atoms with Crippen molar-refractivity contribution < 1.29 is 23.5 Å². The third kappa shape index (κ3) is 3.61. The van der Waals surface area contributed by atoms with Gasteiger partial charge in [0.05, 0.1) is 29.7 Å². The zero-order valence-electron chi connectivity index (χ0n) is 17.6. The van der Waals surface area contributed by atoms with Crippen LogP contribution in [0.25, 0.3) is 11.0 Å². The molecule has 1 amide bonds. The maximum absolute atomic E-state index is 13.5. The second kappa shape index (κ2) is 8.35. The zero-order chi connectivity index (χ0) is 22.1. The smallest absolute Gasteiger partial charge is 0.337 e. The lowest BCUT2D eigenvalue weighted by Crippen LogP contribution is -2.31. The van der Waals surface area contributed by atoms with E-state index in [9.17, 15) is 14.4 Å². The molecule has 0 bridgehead atoms. The van der Waals surface area contributed by atoms with Crippen LogP contribution in [0, 0.1) is 6.92 Å². The predicted octanol–water partition coefficient (Wildman–Crippen LogP) is 3.47. The molecule has 1 aromatic heterocycles. The number of methoxy groups -OCH3 is 2. The van der Waals surface area contributed by atoms with Crippen molar-refractivity contribution in [2.75, 3.05) is 27.4 Å². The molecule has 0 N–H and O–H groups in total. The summed E-state index contributed by atoms with van der Waals surface area (Å²) < 4.78 is 15.8. The van der Waals surface area contributed by atoms with Gasteiger partial charge in [0.15, 0.2) is 5.43 Å². The van der Waals surface area contributed by atoms with Crippen LogP contribution in [0.4, 0.5) is 0 Å². The third-order valence-corrected chi connectivity index (χ3v) is 5.52. The number of benzene rings is 2. The van der Waals surface area contributed by atoms with Crippen molar-refractivity contribution in [1.29, 1.82) is 0 Å². The first kappa shape index (κ1) is 20.8. The first-order valence-electron chi connectivity index (χ1n) is 10.0. The molecule has 0 saturated heterocycles. The Labute approximate surface area is 179 Å². The number of amides is 1. The second-order valence-corrected chi connectivity index (χ2v) is 7.53. The van der Waals surface area contributed by atoms with Gasteiger partial charge in [-0.25, -0.2) is 4.79 Å². The summed E-state index contributed by atoms with van der Waals surface area (Å²) in [6.07, 6.45) is 0.611. The molecular formula is C24H23NO6. The van der Waals surface area contributed by atoms with Gasteiger partial charge in [0, 0.05) is 20.3 Å². The fourth-order valence-corrected chi connectivity index (χ4v) is 4.01. The van der Waals surface area contributed by atoms with E-state index in [1.165, 1.54) is 7.11 Å². The van der Waals surface area contributed by atoms with Crippen LogP contribution in [0.2, 0.25) is 0 Å². The number of esters is 1. The molecule has 0 radical (unpaired) electrons. The van der Waals surface area contributed by atoms with Crippen molar-refractivity contribution in [3.63, 3.8) is 0 Å². The lowest BCUT2D eigenvalue weighted by molar-refractivity contribution is 0.0599. The Morgan fingerprint density at radius 3 is 2.52 bits per heavy atom. The van der Waals surface area contributed by atoms with Gasteiger partial charge in [0.25, 0.3) is 5.91 Å². The molecule has 3 aromatic rings. The van der Waals surface area contributed by atoms with Gasteiger partial charge in [-0.1, -0.05) is 23.8 Å². The summed E-state index contributed by atoms with van der Waals surface area (Å²) in [5, 5.41) is 0.446. The fraction of sp³-hybridized carbons (Fsp3) is 0.292. The molecule has 2 aromatic carbocycles. The molecule has 0 unspecified atom stereocenters. The molecule has 7 nitrogen and oxygen atoms in total. The molecule has 0 aliphatic carbocycles. The number of ether oxygens (including phenoxy) is 2. The first-order chi connectivity index (χ1) is 15.0. The lowest BCUT2D eigenvalue weighted by atomic mass is 9.97. The zero-order valence-corrected chi connectivity index (χ0v) is 17.6. The van der Waals surface area contributed by atoms with E-state index in [0.717, 1.165) is 11.1 Å². The Hall–Kier alpha value is -3.45. The number of fused-ring (bicyclic) bond motifs is 2. The Morgan fingerprint density at radius 2 is 1.84 bits per heavy atom. The van der Waals surface area contributed by atoms with Gasteiger partial charge in [-0.05, 0) is 43.2 Å². The molecule has 31 heavy (non-hydrogen) atoms. The number of hydrogen-bond donors (Lipinski definition) is 0. The fourth-order valence-electron chi connectivity index (χ4n) is 4.01. The standard InChI is InChI=1S/C24H23NO6/c1-14-5-10-18-17(13-14)21(26)19-20(15-6-8-16(9-7-15)24(28)30-3)25(11-4-12-29-2)23(27)22(19)31-18/h5-10,13,20H,4,11-12H2,1-3H3/t20-/m1/s1. The highest BCUT2D eigenvalue weighted by molar-refractivity contribution is 5.99. The summed E-state index contributed by atoms with van der Waals surface area (Å²) in [5.74, 6) is -0.707. The van der Waals surface area contributed by atoms with Crippen molar-refractivity contribution in [2.45, 2.75) is 19.4 Å². The van der Waals surface area contributed by atoms with Gasteiger partial charge in [-0.15, -0.1) is 0 Å². The van der Waals surface area contributed by atoms with Crippen LogP contribution in [-0.2, 0) is 9.47 Å². The largest absolute Gasteiger partial charge is 0.465 e. The van der Waals surface area contributed by atoms with Crippen molar-refractivity contribution in [3.8, 4) is 0 Å². The number of carbonyl (C=O) groups excluding carboxylic acids is 2. The minimum atomic E-state index is -0.604. The topological polar surface area (TPSA) is 86.0 Å². The Kier molecular flexibility index (Phi) is 5.61. The van der Waals surface area contributed by atoms with E-state index in [2.05, 4.69) is 0 Å². The molecule has 160 valence electrons. The van der Waals surface area contributed by atoms with Crippen molar-refractivity contribution in [2.24, 2.45) is 0 Å². The Bertz CT molecular complexity index is 1210. The lowest BCUT2D eigenvalue weighted by Gasteiger charge is -2.25. The van der Waals surface area contributed by atoms with Gasteiger partial charge in [0.2, 0.25) is 5.76 Å². The van der Waals surface area contributed by atoms with E-state index >= 15 is 0 Å². The molecular weight excluding hydrogens is 398 g/mol. The van der Waals surface area contributed by atoms with E-state index in [-0.39, 0.29) is 17.1 Å². The quantitative estimate of drug-likeness (QED) is 0.448. The van der Waals surface area contributed by atoms with Gasteiger partial charge < -0.3 is 18.8 Å². The van der Waals surface area contributed by atoms with E-state index in [1.807, 2.05) is 13.0 Å². The SMILES string of the molecule is COCCCN1C(=O)c2oc3ccc(C)cc3c(=O)c2[C@H]1c1ccc(C(=O)OC)cc1. The molecule has 1 aliphatic rings. The van der Waals surface area contributed by atoms with Crippen molar-refractivity contribution >= 4 is 22.8 Å². The first-order valence-corrected chi connectivity index (χ1v) is 10.0. The summed E-state index contributed by atoms with van der Waals surface area (Å²) in [4.78, 5) is 40.1. The van der Waals surface area contributed by atoms with Crippen LogP contribution >= 0.6 is 0 Å². The Balaban J connectivity index is 1.87. The average molecular weight is 421 g/mol. The number of rotatable bonds is 6. The molecule has 1 aliphatic heterocycles. The predicted molar refractivity (Wildman–Crippen MR) is 114 cm³/mol. The summed E-state index contributed by atoms with van der Waals surface area (Å²) >= 11 is 0. The van der Waals surface area contributed by atoms with Gasteiger partial charge in [-0.3, -0.25) is 9.59 Å². The minimum absolute atomic E-state index is 0.0702. The van der Waals surface area contributed by atoms with Gasteiger partial charge in [-0.2, -0.15) is 0 Å². The van der Waals surface area contributed by atoms with Crippen LogP contribution in [0.1, 0.15) is 50.1 Å².